The maximum absolute atomic E-state index is 12.3. The minimum atomic E-state index is -1.75. The van der Waals surface area contributed by atoms with Crippen LogP contribution in [0.5, 0.6) is 5.75 Å². The van der Waals surface area contributed by atoms with E-state index < -0.39 is 17.5 Å². The Bertz CT molecular complexity index is 579. The second kappa shape index (κ2) is 7.00. The number of hydrogen-bond acceptors (Lipinski definition) is 6. The lowest BCUT2D eigenvalue weighted by Crippen LogP contribution is -2.53. The molecule has 6 heteroatoms. The van der Waals surface area contributed by atoms with Gasteiger partial charge < -0.3 is 19.9 Å². The number of carbonyl (C=O) groups excluding carboxylic acids is 2. The number of nitrogens with two attached hydrogens (primary N) is 1. The van der Waals surface area contributed by atoms with Gasteiger partial charge in [-0.1, -0.05) is 12.1 Å². The van der Waals surface area contributed by atoms with E-state index >= 15 is 0 Å². The van der Waals surface area contributed by atoms with Crippen LogP contribution < -0.4 is 10.5 Å². The molecule has 1 unspecified atom stereocenters. The first kappa shape index (κ1) is 17.3. The molecule has 0 saturated heterocycles. The van der Waals surface area contributed by atoms with Gasteiger partial charge in [0.15, 0.2) is 0 Å². The van der Waals surface area contributed by atoms with Gasteiger partial charge in [0.05, 0.1) is 13.2 Å². The largest absolute Gasteiger partial charge is 0.463 e. The summed E-state index contributed by atoms with van der Waals surface area (Å²) in [6, 6.07) is 5.58. The summed E-state index contributed by atoms with van der Waals surface area (Å²) < 4.78 is 15.8. The first-order valence-corrected chi connectivity index (χ1v) is 7.83. The molecule has 1 aromatic rings. The Labute approximate surface area is 135 Å². The minimum Gasteiger partial charge on any atom is -0.463 e. The molecule has 0 fully saturated rings. The highest BCUT2D eigenvalue weighted by Gasteiger charge is 2.56. The second-order valence-corrected chi connectivity index (χ2v) is 5.67. The molecule has 1 atom stereocenters. The summed E-state index contributed by atoms with van der Waals surface area (Å²) in [5.41, 5.74) is 5.89. The zero-order valence-electron chi connectivity index (χ0n) is 13.8. The topological polar surface area (TPSA) is 87.9 Å². The van der Waals surface area contributed by atoms with Gasteiger partial charge in [-0.25, -0.2) is 9.59 Å². The molecule has 1 aliphatic rings. The fourth-order valence-electron chi connectivity index (χ4n) is 2.67. The van der Waals surface area contributed by atoms with E-state index in [1.807, 2.05) is 19.1 Å². The molecule has 0 saturated carbocycles. The molecule has 0 amide bonds. The van der Waals surface area contributed by atoms with E-state index in [9.17, 15) is 9.59 Å². The molecular formula is C17H23NO5. The third-order valence-corrected chi connectivity index (χ3v) is 3.62. The number of benzene rings is 1. The molecule has 6 nitrogen and oxygen atoms in total. The van der Waals surface area contributed by atoms with Crippen molar-refractivity contribution in [3.8, 4) is 5.75 Å². The molecule has 23 heavy (non-hydrogen) atoms. The number of hydrogen-bond donors (Lipinski definition) is 1. The summed E-state index contributed by atoms with van der Waals surface area (Å²) in [7, 11) is 0. The fourth-order valence-corrected chi connectivity index (χ4v) is 2.67. The van der Waals surface area contributed by atoms with Crippen LogP contribution in [0.25, 0.3) is 0 Å². The quantitative estimate of drug-likeness (QED) is 0.629. The van der Waals surface area contributed by atoms with E-state index in [2.05, 4.69) is 0 Å². The van der Waals surface area contributed by atoms with Crippen LogP contribution in [-0.4, -0.2) is 36.8 Å². The van der Waals surface area contributed by atoms with Crippen molar-refractivity contribution in [1.82, 2.24) is 0 Å². The van der Waals surface area contributed by atoms with Crippen molar-refractivity contribution in [3.05, 3.63) is 29.3 Å². The molecular weight excluding hydrogens is 298 g/mol. The highest BCUT2D eigenvalue weighted by molar-refractivity contribution is 6.05. The predicted molar refractivity (Wildman–Crippen MR) is 84.1 cm³/mol. The molecule has 2 rings (SSSR count). The van der Waals surface area contributed by atoms with Gasteiger partial charge in [0.25, 0.3) is 0 Å². The number of fused-ring (bicyclic) bond motifs is 1. The van der Waals surface area contributed by atoms with Crippen LogP contribution in [0.4, 0.5) is 0 Å². The van der Waals surface area contributed by atoms with Crippen LogP contribution >= 0.6 is 0 Å². The van der Waals surface area contributed by atoms with E-state index in [0.717, 1.165) is 11.1 Å². The maximum Gasteiger partial charge on any atom is 0.362 e. The van der Waals surface area contributed by atoms with Gasteiger partial charge in [0, 0.05) is 12.5 Å². The van der Waals surface area contributed by atoms with E-state index in [4.69, 9.17) is 19.9 Å². The van der Waals surface area contributed by atoms with E-state index in [-0.39, 0.29) is 25.7 Å². The molecule has 0 aliphatic carbocycles. The second-order valence-electron chi connectivity index (χ2n) is 5.67. The third kappa shape index (κ3) is 3.47. The van der Waals surface area contributed by atoms with E-state index in [1.165, 1.54) is 0 Å². The van der Waals surface area contributed by atoms with Gasteiger partial charge in [-0.15, -0.1) is 0 Å². The lowest BCUT2D eigenvalue weighted by Gasteiger charge is -2.23. The van der Waals surface area contributed by atoms with Crippen molar-refractivity contribution in [2.45, 2.75) is 45.3 Å². The minimum absolute atomic E-state index is 0.0234. The Morgan fingerprint density at radius 2 is 1.87 bits per heavy atom. The van der Waals surface area contributed by atoms with E-state index in [0.29, 0.717) is 12.2 Å². The molecule has 126 valence electrons. The SMILES string of the molecule is CCOC(=O)C1(C(=O)OCC)Cc2cc(CC(C)N)ccc2O1. The molecule has 0 radical (unpaired) electrons. The molecule has 0 bridgehead atoms. The number of carbonyl (C=O) groups is 2. The summed E-state index contributed by atoms with van der Waals surface area (Å²) in [6.45, 7) is 5.61. The Morgan fingerprint density at radius 1 is 1.26 bits per heavy atom. The Balaban J connectivity index is 2.32. The van der Waals surface area contributed by atoms with Crippen LogP contribution in [-0.2, 0) is 31.9 Å². The van der Waals surface area contributed by atoms with Crippen molar-refractivity contribution in [2.75, 3.05) is 13.2 Å². The Hall–Kier alpha value is -2.08. The standard InChI is InChI=1S/C17H23NO5/c1-4-21-15(19)17(16(20)22-5-2)10-13-9-12(8-11(3)18)6-7-14(13)23-17/h6-7,9,11H,4-5,8,10,18H2,1-3H3. The van der Waals surface area contributed by atoms with Crippen molar-refractivity contribution in [1.29, 1.82) is 0 Å². The third-order valence-electron chi connectivity index (χ3n) is 3.62. The number of ether oxygens (including phenoxy) is 3. The average molecular weight is 321 g/mol. The lowest BCUT2D eigenvalue weighted by molar-refractivity contribution is -0.177. The summed E-state index contributed by atoms with van der Waals surface area (Å²) in [4.78, 5) is 24.7. The smallest absolute Gasteiger partial charge is 0.362 e. The highest BCUT2D eigenvalue weighted by atomic mass is 16.6. The van der Waals surface area contributed by atoms with Crippen molar-refractivity contribution < 1.29 is 23.8 Å². The van der Waals surface area contributed by atoms with Crippen molar-refractivity contribution >= 4 is 11.9 Å². The first-order valence-electron chi connectivity index (χ1n) is 7.83. The number of esters is 2. The lowest BCUT2D eigenvalue weighted by atomic mass is 9.95. The summed E-state index contributed by atoms with van der Waals surface area (Å²) >= 11 is 0. The van der Waals surface area contributed by atoms with Crippen LogP contribution in [0.3, 0.4) is 0 Å². The summed E-state index contributed by atoms with van der Waals surface area (Å²) in [6.07, 6.45) is 0.811. The fraction of sp³-hybridized carbons (Fsp3) is 0.529. The molecule has 1 aliphatic heterocycles. The molecule has 0 aromatic heterocycles. The van der Waals surface area contributed by atoms with Crippen molar-refractivity contribution in [3.63, 3.8) is 0 Å². The average Bonchev–Trinajstić information content (AvgIpc) is 2.87. The van der Waals surface area contributed by atoms with Gasteiger partial charge in [-0.2, -0.15) is 0 Å². The zero-order chi connectivity index (χ0) is 17.0. The Kier molecular flexibility index (Phi) is 5.26. The number of rotatable bonds is 6. The van der Waals surface area contributed by atoms with E-state index in [1.54, 1.807) is 19.9 Å². The monoisotopic (exact) mass is 321 g/mol. The van der Waals surface area contributed by atoms with Crippen molar-refractivity contribution in [2.24, 2.45) is 5.73 Å². The highest BCUT2D eigenvalue weighted by Crippen LogP contribution is 2.37. The van der Waals surface area contributed by atoms with Crippen LogP contribution in [0.1, 0.15) is 31.9 Å². The molecule has 1 heterocycles. The zero-order valence-corrected chi connectivity index (χ0v) is 13.8. The van der Waals surface area contributed by atoms with Gasteiger partial charge in [0.1, 0.15) is 5.75 Å². The molecule has 0 spiro atoms. The predicted octanol–water partition coefficient (Wildman–Crippen LogP) is 1.38. The summed E-state index contributed by atoms with van der Waals surface area (Å²) in [5.74, 6) is -0.939. The maximum atomic E-state index is 12.3. The molecule has 1 aromatic carbocycles. The molecule has 2 N–H and O–H groups in total. The van der Waals surface area contributed by atoms with Gasteiger partial charge >= 0.3 is 17.5 Å². The van der Waals surface area contributed by atoms with Crippen LogP contribution in [0.2, 0.25) is 0 Å². The van der Waals surface area contributed by atoms with Crippen LogP contribution in [0, 0.1) is 0 Å². The van der Waals surface area contributed by atoms with Gasteiger partial charge in [0.2, 0.25) is 0 Å². The van der Waals surface area contributed by atoms with Crippen LogP contribution in [0.15, 0.2) is 18.2 Å². The summed E-state index contributed by atoms with van der Waals surface area (Å²) in [5, 5.41) is 0. The van der Waals surface area contributed by atoms with Gasteiger partial charge in [-0.05, 0) is 44.4 Å². The Morgan fingerprint density at radius 3 is 2.39 bits per heavy atom. The van der Waals surface area contributed by atoms with Gasteiger partial charge in [-0.3, -0.25) is 0 Å². The normalized spacial score (nSPS) is 16.2. The first-order chi connectivity index (χ1) is 10.9.